The Labute approximate surface area is 135 Å². The highest BCUT2D eigenvalue weighted by Gasteiger charge is 2.14. The van der Waals surface area contributed by atoms with Gasteiger partial charge in [0.1, 0.15) is 5.75 Å². The minimum Gasteiger partial charge on any atom is -0.497 e. The van der Waals surface area contributed by atoms with E-state index in [-0.39, 0.29) is 11.9 Å². The summed E-state index contributed by atoms with van der Waals surface area (Å²) >= 11 is 0. The predicted octanol–water partition coefficient (Wildman–Crippen LogP) is 2.97. The number of rotatable bonds is 5. The van der Waals surface area contributed by atoms with E-state index in [1.807, 2.05) is 31.2 Å². The molecule has 0 spiro atoms. The van der Waals surface area contributed by atoms with Crippen molar-refractivity contribution in [3.05, 3.63) is 65.2 Å². The Kier molecular flexibility index (Phi) is 5.36. The van der Waals surface area contributed by atoms with Crippen molar-refractivity contribution in [3.63, 3.8) is 0 Å². The number of hydrogen-bond donors (Lipinski definition) is 1. The van der Waals surface area contributed by atoms with E-state index < -0.39 is 5.97 Å². The zero-order valence-corrected chi connectivity index (χ0v) is 13.3. The van der Waals surface area contributed by atoms with Crippen LogP contribution in [0.25, 0.3) is 0 Å². The lowest BCUT2D eigenvalue weighted by molar-refractivity contribution is 0.0600. The molecule has 2 aromatic carbocycles. The quantitative estimate of drug-likeness (QED) is 0.862. The second-order valence-corrected chi connectivity index (χ2v) is 5.04. The number of hydrogen-bond acceptors (Lipinski definition) is 4. The van der Waals surface area contributed by atoms with Gasteiger partial charge in [-0.2, -0.15) is 0 Å². The Bertz CT molecular complexity index is 694. The van der Waals surface area contributed by atoms with Gasteiger partial charge in [-0.1, -0.05) is 18.2 Å². The lowest BCUT2D eigenvalue weighted by atomic mass is 10.1. The third-order valence-electron chi connectivity index (χ3n) is 3.51. The summed E-state index contributed by atoms with van der Waals surface area (Å²) < 4.78 is 9.78. The topological polar surface area (TPSA) is 64.6 Å². The van der Waals surface area contributed by atoms with Crippen molar-refractivity contribution in [2.24, 2.45) is 0 Å². The van der Waals surface area contributed by atoms with Gasteiger partial charge in [0.05, 0.1) is 25.8 Å². The second kappa shape index (κ2) is 7.45. The van der Waals surface area contributed by atoms with Crippen molar-refractivity contribution >= 4 is 11.9 Å². The van der Waals surface area contributed by atoms with Crippen LogP contribution in [0.3, 0.4) is 0 Å². The van der Waals surface area contributed by atoms with Gasteiger partial charge in [-0.3, -0.25) is 4.79 Å². The molecule has 1 amide bonds. The van der Waals surface area contributed by atoms with Crippen molar-refractivity contribution in [3.8, 4) is 5.75 Å². The van der Waals surface area contributed by atoms with Crippen LogP contribution < -0.4 is 10.1 Å². The standard InChI is InChI=1S/C18H19NO4/c1-12(13-7-9-16(22-2)10-8-13)19-17(20)14-5-4-6-15(11-14)18(21)23-3/h4-12H,1-3H3,(H,19,20). The number of carbonyl (C=O) groups excluding carboxylic acids is 2. The van der Waals surface area contributed by atoms with Crippen LogP contribution in [0, 0.1) is 0 Å². The number of benzene rings is 2. The summed E-state index contributed by atoms with van der Waals surface area (Å²) in [6.07, 6.45) is 0. The number of amides is 1. The zero-order chi connectivity index (χ0) is 16.8. The average Bonchev–Trinajstić information content (AvgIpc) is 2.61. The van der Waals surface area contributed by atoms with Crippen LogP contribution in [0.15, 0.2) is 48.5 Å². The van der Waals surface area contributed by atoms with Crippen LogP contribution in [0.4, 0.5) is 0 Å². The SMILES string of the molecule is COC(=O)c1cccc(C(=O)NC(C)c2ccc(OC)cc2)c1. The second-order valence-electron chi connectivity index (χ2n) is 5.04. The molecule has 0 saturated heterocycles. The molecule has 0 aliphatic heterocycles. The first kappa shape index (κ1) is 16.5. The molecule has 0 bridgehead atoms. The fraction of sp³-hybridized carbons (Fsp3) is 0.222. The summed E-state index contributed by atoms with van der Waals surface area (Å²) in [6.45, 7) is 1.89. The first-order chi connectivity index (χ1) is 11.0. The summed E-state index contributed by atoms with van der Waals surface area (Å²) in [7, 11) is 2.91. The molecule has 0 heterocycles. The summed E-state index contributed by atoms with van der Waals surface area (Å²) in [5.41, 5.74) is 1.72. The minimum atomic E-state index is -0.470. The average molecular weight is 313 g/mol. The van der Waals surface area contributed by atoms with Crippen LogP contribution >= 0.6 is 0 Å². The summed E-state index contributed by atoms with van der Waals surface area (Å²) in [4.78, 5) is 23.9. The van der Waals surface area contributed by atoms with E-state index in [1.54, 1.807) is 25.3 Å². The number of esters is 1. The molecule has 5 nitrogen and oxygen atoms in total. The van der Waals surface area contributed by atoms with Crippen molar-refractivity contribution in [2.75, 3.05) is 14.2 Å². The van der Waals surface area contributed by atoms with Crippen LogP contribution in [0.1, 0.15) is 39.2 Å². The summed E-state index contributed by atoms with van der Waals surface area (Å²) in [5, 5.41) is 2.90. The Hall–Kier alpha value is -2.82. The van der Waals surface area contributed by atoms with Gasteiger partial charge >= 0.3 is 5.97 Å². The Morgan fingerprint density at radius 1 is 1.00 bits per heavy atom. The molecule has 0 fully saturated rings. The molecule has 1 N–H and O–H groups in total. The van der Waals surface area contributed by atoms with Gasteiger partial charge in [0.2, 0.25) is 0 Å². The lowest BCUT2D eigenvalue weighted by Crippen LogP contribution is -2.26. The molecule has 0 aliphatic carbocycles. The third kappa shape index (κ3) is 4.10. The molecule has 120 valence electrons. The van der Waals surface area contributed by atoms with Gasteiger partial charge < -0.3 is 14.8 Å². The van der Waals surface area contributed by atoms with Gasteiger partial charge in [-0.15, -0.1) is 0 Å². The first-order valence-electron chi connectivity index (χ1n) is 7.18. The Morgan fingerprint density at radius 2 is 1.65 bits per heavy atom. The molecule has 0 saturated carbocycles. The Morgan fingerprint density at radius 3 is 2.26 bits per heavy atom. The predicted molar refractivity (Wildman–Crippen MR) is 86.7 cm³/mol. The van der Waals surface area contributed by atoms with Crippen LogP contribution in [0.5, 0.6) is 5.75 Å². The molecule has 0 aromatic heterocycles. The fourth-order valence-corrected chi connectivity index (χ4v) is 2.16. The third-order valence-corrected chi connectivity index (χ3v) is 3.51. The van der Waals surface area contributed by atoms with Crippen molar-refractivity contribution in [1.29, 1.82) is 0 Å². The molecule has 5 heteroatoms. The number of carbonyl (C=O) groups is 2. The van der Waals surface area contributed by atoms with Gasteiger partial charge in [-0.05, 0) is 42.8 Å². The summed E-state index contributed by atoms with van der Waals surface area (Å²) in [6, 6.07) is 13.7. The molecule has 1 atom stereocenters. The van der Waals surface area contributed by atoms with E-state index in [2.05, 4.69) is 10.1 Å². The van der Waals surface area contributed by atoms with Crippen molar-refractivity contribution in [1.82, 2.24) is 5.32 Å². The normalized spacial score (nSPS) is 11.4. The van der Waals surface area contributed by atoms with E-state index in [1.165, 1.54) is 13.2 Å². The highest BCUT2D eigenvalue weighted by Crippen LogP contribution is 2.18. The molecule has 1 unspecified atom stereocenters. The molecular weight excluding hydrogens is 294 g/mol. The maximum absolute atomic E-state index is 12.3. The van der Waals surface area contributed by atoms with Crippen LogP contribution in [-0.2, 0) is 4.74 Å². The molecular formula is C18H19NO4. The van der Waals surface area contributed by atoms with E-state index in [0.29, 0.717) is 11.1 Å². The highest BCUT2D eigenvalue weighted by molar-refractivity contribution is 5.98. The lowest BCUT2D eigenvalue weighted by Gasteiger charge is -2.15. The van der Waals surface area contributed by atoms with Crippen LogP contribution in [0.2, 0.25) is 0 Å². The monoisotopic (exact) mass is 313 g/mol. The molecule has 23 heavy (non-hydrogen) atoms. The minimum absolute atomic E-state index is 0.171. The van der Waals surface area contributed by atoms with Crippen molar-refractivity contribution < 1.29 is 19.1 Å². The Balaban J connectivity index is 2.10. The highest BCUT2D eigenvalue weighted by atomic mass is 16.5. The van der Waals surface area contributed by atoms with E-state index in [0.717, 1.165) is 11.3 Å². The molecule has 0 radical (unpaired) electrons. The first-order valence-corrected chi connectivity index (χ1v) is 7.18. The molecule has 2 aromatic rings. The fourth-order valence-electron chi connectivity index (χ4n) is 2.16. The molecule has 0 aliphatic rings. The van der Waals surface area contributed by atoms with Gasteiger partial charge in [0.25, 0.3) is 5.91 Å². The number of methoxy groups -OCH3 is 2. The maximum atomic E-state index is 12.3. The van der Waals surface area contributed by atoms with Gasteiger partial charge in [0, 0.05) is 5.56 Å². The maximum Gasteiger partial charge on any atom is 0.337 e. The zero-order valence-electron chi connectivity index (χ0n) is 13.3. The van der Waals surface area contributed by atoms with Gasteiger partial charge in [0.15, 0.2) is 0 Å². The number of ether oxygens (including phenoxy) is 2. The molecule has 2 rings (SSSR count). The van der Waals surface area contributed by atoms with Crippen LogP contribution in [-0.4, -0.2) is 26.1 Å². The van der Waals surface area contributed by atoms with Gasteiger partial charge in [-0.25, -0.2) is 4.79 Å². The van der Waals surface area contributed by atoms with E-state index >= 15 is 0 Å². The van der Waals surface area contributed by atoms with Crippen molar-refractivity contribution in [2.45, 2.75) is 13.0 Å². The smallest absolute Gasteiger partial charge is 0.337 e. The largest absolute Gasteiger partial charge is 0.497 e. The van der Waals surface area contributed by atoms with E-state index in [9.17, 15) is 9.59 Å². The van der Waals surface area contributed by atoms with E-state index in [4.69, 9.17) is 4.74 Å². The summed E-state index contributed by atoms with van der Waals surface area (Å²) in [5.74, 6) is 0.0416. The number of nitrogens with one attached hydrogen (secondary N) is 1.